The Balaban J connectivity index is 3.71. The fraction of sp³-hybridized carbons (Fsp3) is 0.800. The van der Waals surface area contributed by atoms with Gasteiger partial charge in [0.1, 0.15) is 6.04 Å². The Morgan fingerprint density at radius 2 is 1.83 bits per heavy atom. The molecule has 18 heavy (non-hydrogen) atoms. The number of aliphatic carboxylic acids is 1. The van der Waals surface area contributed by atoms with Crippen molar-refractivity contribution in [2.24, 2.45) is 0 Å². The van der Waals surface area contributed by atoms with E-state index in [-0.39, 0.29) is 18.5 Å². The molecule has 0 radical (unpaired) electrons. The van der Waals surface area contributed by atoms with Crippen LogP contribution < -0.4 is 5.32 Å². The minimum atomic E-state index is -3.95. The topological polar surface area (TPSA) is 124 Å². The molecule has 0 aromatic rings. The van der Waals surface area contributed by atoms with E-state index in [0.29, 0.717) is 25.7 Å². The van der Waals surface area contributed by atoms with Crippen LogP contribution in [-0.2, 0) is 14.2 Å². The molecule has 0 heterocycles. The highest BCUT2D eigenvalue weighted by Gasteiger charge is 2.17. The number of nitrogens with one attached hydrogen (secondary N) is 1. The van der Waals surface area contributed by atoms with Crippen LogP contribution in [0, 0.1) is 0 Å². The number of unbranched alkanes of at least 4 members (excludes halogenated alkanes) is 2. The van der Waals surface area contributed by atoms with Crippen molar-refractivity contribution in [2.45, 2.75) is 45.1 Å². The van der Waals surface area contributed by atoms with E-state index in [1.807, 2.05) is 0 Å². The zero-order valence-corrected chi connectivity index (χ0v) is 11.2. The van der Waals surface area contributed by atoms with Crippen molar-refractivity contribution in [3.8, 4) is 0 Å². The molecule has 0 saturated carbocycles. The van der Waals surface area contributed by atoms with Crippen molar-refractivity contribution in [3.05, 3.63) is 0 Å². The van der Waals surface area contributed by atoms with E-state index in [1.54, 1.807) is 6.92 Å². The Hall–Kier alpha value is -0.910. The number of amides is 1. The summed E-state index contributed by atoms with van der Waals surface area (Å²) in [5.74, 6) is -1.41. The molecule has 0 saturated heterocycles. The van der Waals surface area contributed by atoms with Gasteiger partial charge in [-0.25, -0.2) is 4.79 Å². The molecule has 8 heteroatoms. The Kier molecular flexibility index (Phi) is 7.82. The van der Waals surface area contributed by atoms with Crippen LogP contribution in [0.5, 0.6) is 0 Å². The van der Waals surface area contributed by atoms with Gasteiger partial charge in [0, 0.05) is 12.6 Å². The molecule has 0 spiro atoms. The average molecular weight is 281 g/mol. The van der Waals surface area contributed by atoms with Crippen molar-refractivity contribution in [1.82, 2.24) is 5.32 Å². The lowest BCUT2D eigenvalue weighted by Gasteiger charge is -2.11. The summed E-state index contributed by atoms with van der Waals surface area (Å²) in [5, 5.41) is 11.1. The summed E-state index contributed by atoms with van der Waals surface area (Å²) in [6, 6.07) is -0.868. The van der Waals surface area contributed by atoms with Gasteiger partial charge in [-0.15, -0.1) is 0 Å². The predicted octanol–water partition coefficient (Wildman–Crippen LogP) is 0.704. The standard InChI is InChI=1S/C10H20NO6P/c1-2-8(10(13)14)11-9(12)6-4-3-5-7-18(15,16)17/h8H,2-7H2,1H3,(H,11,12)(H,13,14)(H2,15,16,17). The SMILES string of the molecule is CCC(NC(=O)CCCCCP(=O)(O)O)C(=O)O. The number of carboxylic acids is 1. The number of hydrogen-bond donors (Lipinski definition) is 4. The molecule has 0 aromatic carbocycles. The fourth-order valence-electron chi connectivity index (χ4n) is 1.39. The Morgan fingerprint density at radius 1 is 1.22 bits per heavy atom. The number of carbonyl (C=O) groups is 2. The second kappa shape index (κ2) is 8.24. The van der Waals surface area contributed by atoms with Crippen molar-refractivity contribution in [1.29, 1.82) is 0 Å². The van der Waals surface area contributed by atoms with Crippen LogP contribution >= 0.6 is 7.60 Å². The molecule has 0 bridgehead atoms. The normalized spacial score (nSPS) is 13.1. The van der Waals surface area contributed by atoms with E-state index < -0.39 is 19.6 Å². The number of rotatable bonds is 9. The maximum absolute atomic E-state index is 11.3. The summed E-state index contributed by atoms with van der Waals surface area (Å²) in [5.41, 5.74) is 0. The second-order valence-electron chi connectivity index (χ2n) is 4.07. The first kappa shape index (κ1) is 17.1. The van der Waals surface area contributed by atoms with Crippen LogP contribution in [0.25, 0.3) is 0 Å². The highest BCUT2D eigenvalue weighted by atomic mass is 31.2. The number of carboxylic acid groups (broad SMARTS) is 1. The van der Waals surface area contributed by atoms with Crippen LogP contribution in [0.2, 0.25) is 0 Å². The molecule has 0 rings (SSSR count). The zero-order valence-electron chi connectivity index (χ0n) is 10.3. The van der Waals surface area contributed by atoms with Crippen molar-refractivity contribution >= 4 is 19.5 Å². The monoisotopic (exact) mass is 281 g/mol. The molecule has 0 fully saturated rings. The minimum Gasteiger partial charge on any atom is -0.480 e. The molecule has 0 aromatic heterocycles. The Labute approximate surface area is 106 Å². The second-order valence-corrected chi connectivity index (χ2v) is 5.84. The molecular weight excluding hydrogens is 261 g/mol. The largest absolute Gasteiger partial charge is 0.480 e. The maximum atomic E-state index is 11.3. The molecule has 106 valence electrons. The molecule has 1 unspecified atom stereocenters. The first-order valence-electron chi connectivity index (χ1n) is 5.83. The molecular formula is C10H20NO6P. The van der Waals surface area contributed by atoms with Crippen LogP contribution in [0.4, 0.5) is 0 Å². The summed E-state index contributed by atoms with van der Waals surface area (Å²) in [6.45, 7) is 1.67. The smallest absolute Gasteiger partial charge is 0.326 e. The summed E-state index contributed by atoms with van der Waals surface area (Å²) in [7, 11) is -3.95. The average Bonchev–Trinajstić information content (AvgIpc) is 2.23. The quantitative estimate of drug-likeness (QED) is 0.364. The molecule has 1 atom stereocenters. The van der Waals surface area contributed by atoms with Crippen LogP contribution in [0.15, 0.2) is 0 Å². The van der Waals surface area contributed by atoms with Crippen molar-refractivity contribution < 1.29 is 29.0 Å². The molecule has 4 N–H and O–H groups in total. The maximum Gasteiger partial charge on any atom is 0.326 e. The van der Waals surface area contributed by atoms with Gasteiger partial charge in [-0.05, 0) is 19.3 Å². The molecule has 0 aliphatic carbocycles. The van der Waals surface area contributed by atoms with E-state index in [0.717, 1.165) is 0 Å². The van der Waals surface area contributed by atoms with E-state index in [2.05, 4.69) is 5.32 Å². The van der Waals surface area contributed by atoms with E-state index >= 15 is 0 Å². The molecule has 7 nitrogen and oxygen atoms in total. The first-order chi connectivity index (χ1) is 8.26. The van der Waals surface area contributed by atoms with Gasteiger partial charge in [0.25, 0.3) is 0 Å². The van der Waals surface area contributed by atoms with E-state index in [9.17, 15) is 14.2 Å². The third-order valence-electron chi connectivity index (χ3n) is 2.39. The first-order valence-corrected chi connectivity index (χ1v) is 7.62. The van der Waals surface area contributed by atoms with E-state index in [1.165, 1.54) is 0 Å². The van der Waals surface area contributed by atoms with E-state index in [4.69, 9.17) is 14.9 Å². The van der Waals surface area contributed by atoms with Crippen LogP contribution in [0.1, 0.15) is 39.0 Å². The lowest BCUT2D eigenvalue weighted by atomic mass is 10.1. The van der Waals surface area contributed by atoms with Gasteiger partial charge in [-0.3, -0.25) is 9.36 Å². The van der Waals surface area contributed by atoms with Crippen LogP contribution in [-0.4, -0.2) is 39.0 Å². The van der Waals surface area contributed by atoms with Gasteiger partial charge in [0.15, 0.2) is 0 Å². The highest BCUT2D eigenvalue weighted by molar-refractivity contribution is 7.51. The summed E-state index contributed by atoms with van der Waals surface area (Å²) >= 11 is 0. The molecule has 0 aliphatic heterocycles. The van der Waals surface area contributed by atoms with Gasteiger partial charge in [0.05, 0.1) is 0 Å². The minimum absolute atomic E-state index is 0.172. The third kappa shape index (κ3) is 9.15. The molecule has 0 aliphatic rings. The number of carbonyl (C=O) groups excluding carboxylic acids is 1. The Morgan fingerprint density at radius 3 is 2.28 bits per heavy atom. The summed E-state index contributed by atoms with van der Waals surface area (Å²) < 4.78 is 10.5. The lowest BCUT2D eigenvalue weighted by molar-refractivity contribution is -0.141. The third-order valence-corrected chi connectivity index (χ3v) is 3.29. The lowest BCUT2D eigenvalue weighted by Crippen LogP contribution is -2.40. The highest BCUT2D eigenvalue weighted by Crippen LogP contribution is 2.35. The summed E-state index contributed by atoms with van der Waals surface area (Å²) in [4.78, 5) is 39.2. The van der Waals surface area contributed by atoms with Gasteiger partial charge >= 0.3 is 13.6 Å². The Bertz CT molecular complexity index is 326. The van der Waals surface area contributed by atoms with Gasteiger partial charge in [-0.1, -0.05) is 13.3 Å². The van der Waals surface area contributed by atoms with Gasteiger partial charge in [-0.2, -0.15) is 0 Å². The van der Waals surface area contributed by atoms with Gasteiger partial charge in [0.2, 0.25) is 5.91 Å². The summed E-state index contributed by atoms with van der Waals surface area (Å²) in [6.07, 6.45) is 1.68. The van der Waals surface area contributed by atoms with Gasteiger partial charge < -0.3 is 20.2 Å². The van der Waals surface area contributed by atoms with Crippen molar-refractivity contribution in [3.63, 3.8) is 0 Å². The van der Waals surface area contributed by atoms with Crippen molar-refractivity contribution in [2.75, 3.05) is 6.16 Å². The number of hydrogen-bond acceptors (Lipinski definition) is 3. The molecule has 1 amide bonds. The zero-order chi connectivity index (χ0) is 14.2. The fourth-order valence-corrected chi connectivity index (χ4v) is 2.02. The van der Waals surface area contributed by atoms with Crippen LogP contribution in [0.3, 0.4) is 0 Å². The predicted molar refractivity (Wildman–Crippen MR) is 65.2 cm³/mol.